The third-order valence-corrected chi connectivity index (χ3v) is 3.05. The smallest absolute Gasteiger partial charge is 0.0245 e. The van der Waals surface area contributed by atoms with Crippen molar-refractivity contribution < 1.29 is 0 Å². The molecule has 0 amide bonds. The third-order valence-electron chi connectivity index (χ3n) is 2.85. The molecule has 0 fully saturated rings. The van der Waals surface area contributed by atoms with Crippen molar-refractivity contribution in [2.24, 2.45) is 0 Å². The van der Waals surface area contributed by atoms with Crippen molar-refractivity contribution in [1.29, 1.82) is 0 Å². The van der Waals surface area contributed by atoms with Gasteiger partial charge >= 0.3 is 0 Å². The van der Waals surface area contributed by atoms with E-state index in [-0.39, 0.29) is 0 Å². The van der Waals surface area contributed by atoms with Crippen LogP contribution < -0.4 is 0 Å². The number of benzene rings is 2. The monoisotopic (exact) mass is 276 g/mol. The summed E-state index contributed by atoms with van der Waals surface area (Å²) in [5.41, 5.74) is 4.54. The summed E-state index contributed by atoms with van der Waals surface area (Å²) in [7, 11) is 2.61. The molecule has 2 aromatic rings. The Kier molecular flexibility index (Phi) is 5.43. The largest absolute Gasteiger partial charge is 0.125 e. The van der Waals surface area contributed by atoms with Crippen LogP contribution in [0.2, 0.25) is 0 Å². The van der Waals surface area contributed by atoms with E-state index < -0.39 is 0 Å². The number of hydrogen-bond acceptors (Lipinski definition) is 0. The summed E-state index contributed by atoms with van der Waals surface area (Å²) in [6.45, 7) is 2.06. The Labute approximate surface area is 123 Å². The van der Waals surface area contributed by atoms with E-state index in [2.05, 4.69) is 88.4 Å². The van der Waals surface area contributed by atoms with Crippen molar-refractivity contribution in [3.63, 3.8) is 0 Å². The second-order valence-corrected chi connectivity index (χ2v) is 4.72. The summed E-state index contributed by atoms with van der Waals surface area (Å²) in [6, 6.07) is 16.7. The van der Waals surface area contributed by atoms with Gasteiger partial charge in [0.05, 0.1) is 0 Å². The first-order valence-corrected chi connectivity index (χ1v) is 7.53. The minimum atomic E-state index is 0.808. The molecule has 1 atom stereocenters. The Bertz CT molecular complexity index is 608. The van der Waals surface area contributed by atoms with E-state index in [9.17, 15) is 0 Å². The van der Waals surface area contributed by atoms with Crippen LogP contribution in [0.3, 0.4) is 0 Å². The molecule has 0 saturated carbocycles. The van der Waals surface area contributed by atoms with E-state index in [1.54, 1.807) is 0 Å². The van der Waals surface area contributed by atoms with Gasteiger partial charge in [0.2, 0.25) is 0 Å². The van der Waals surface area contributed by atoms with Crippen LogP contribution in [0.1, 0.15) is 24.5 Å². The summed E-state index contributed by atoms with van der Waals surface area (Å²) >= 11 is 0. The van der Waals surface area contributed by atoms with E-state index >= 15 is 0 Å². The third kappa shape index (κ3) is 3.99. The lowest BCUT2D eigenvalue weighted by molar-refractivity contribution is 1.28. The van der Waals surface area contributed by atoms with Crippen LogP contribution in [0, 0.1) is 23.7 Å². The maximum Gasteiger partial charge on any atom is 0.0245 e. The molecule has 0 N–H and O–H groups in total. The van der Waals surface area contributed by atoms with Gasteiger partial charge in [0.1, 0.15) is 0 Å². The quantitative estimate of drug-likeness (QED) is 0.537. The van der Waals surface area contributed by atoms with E-state index in [4.69, 9.17) is 0 Å². The molecule has 0 bridgehead atoms. The summed E-state index contributed by atoms with van der Waals surface area (Å²) in [5, 5.41) is 0. The molecule has 0 aliphatic heterocycles. The van der Waals surface area contributed by atoms with Gasteiger partial charge in [-0.1, -0.05) is 54.9 Å². The van der Waals surface area contributed by atoms with Crippen LogP contribution in [0.25, 0.3) is 11.1 Å². The van der Waals surface area contributed by atoms with Crippen LogP contribution >= 0.6 is 9.24 Å². The Balaban J connectivity index is 2.19. The summed E-state index contributed by atoms with van der Waals surface area (Å²) in [6.07, 6.45) is 1.70. The first kappa shape index (κ1) is 14.4. The molecular weight excluding hydrogens is 259 g/mol. The molecule has 2 aromatic carbocycles. The zero-order valence-corrected chi connectivity index (χ0v) is 12.8. The molecule has 1 heteroatoms. The average molecular weight is 276 g/mol. The molecule has 1 unspecified atom stereocenters. The molecule has 2 rings (SSSR count). The fraction of sp³-hybridized carbons (Fsp3) is 0.158. The van der Waals surface area contributed by atoms with Crippen molar-refractivity contribution in [2.75, 3.05) is 6.16 Å². The van der Waals surface area contributed by atoms with Gasteiger partial charge in [-0.25, -0.2) is 0 Å². The highest BCUT2D eigenvalue weighted by atomic mass is 31.0. The van der Waals surface area contributed by atoms with Crippen molar-refractivity contribution in [1.82, 2.24) is 0 Å². The zero-order chi connectivity index (χ0) is 14.2. The summed E-state index contributed by atoms with van der Waals surface area (Å²) in [4.78, 5) is 0. The standard InChI is InChI=1S/C19H17P/c1-2-3-5-16-7-11-18(12-8-16)19-13-9-17(10-14-19)6-4-15-20/h7-14H,2,15,20H2,1H3. The number of rotatable bonds is 1. The highest BCUT2D eigenvalue weighted by molar-refractivity contribution is 7.16. The minimum absolute atomic E-state index is 0.808. The topological polar surface area (TPSA) is 0 Å². The normalized spacial score (nSPS) is 9.10. The SMILES string of the molecule is CCC#Cc1ccc(-c2ccc(C#CCP)cc2)cc1. The van der Waals surface area contributed by atoms with Gasteiger partial charge in [0, 0.05) is 23.7 Å². The predicted molar refractivity (Wildman–Crippen MR) is 90.5 cm³/mol. The Hall–Kier alpha value is -2.01. The highest BCUT2D eigenvalue weighted by Crippen LogP contribution is 2.20. The van der Waals surface area contributed by atoms with Crippen molar-refractivity contribution >= 4 is 9.24 Å². The molecule has 0 nitrogen and oxygen atoms in total. The van der Waals surface area contributed by atoms with Crippen LogP contribution in [-0.2, 0) is 0 Å². The van der Waals surface area contributed by atoms with Gasteiger partial charge in [-0.3, -0.25) is 0 Å². The van der Waals surface area contributed by atoms with E-state index in [0.29, 0.717) is 0 Å². The number of hydrogen-bond donors (Lipinski definition) is 0. The molecule has 0 heterocycles. The molecule has 0 saturated heterocycles. The van der Waals surface area contributed by atoms with Gasteiger partial charge in [0.15, 0.2) is 0 Å². The zero-order valence-electron chi connectivity index (χ0n) is 11.6. The minimum Gasteiger partial charge on any atom is -0.125 e. The van der Waals surface area contributed by atoms with Gasteiger partial charge in [0.25, 0.3) is 0 Å². The van der Waals surface area contributed by atoms with E-state index in [0.717, 1.165) is 23.7 Å². The first-order chi connectivity index (χ1) is 9.83. The first-order valence-electron chi connectivity index (χ1n) is 6.72. The van der Waals surface area contributed by atoms with Crippen LogP contribution in [0.15, 0.2) is 48.5 Å². The Morgan fingerprint density at radius 1 is 0.750 bits per heavy atom. The molecule has 98 valence electrons. The second kappa shape index (κ2) is 7.55. The van der Waals surface area contributed by atoms with Gasteiger partial charge < -0.3 is 0 Å². The molecule has 20 heavy (non-hydrogen) atoms. The van der Waals surface area contributed by atoms with E-state index in [1.165, 1.54) is 11.1 Å². The van der Waals surface area contributed by atoms with Crippen molar-refractivity contribution in [3.8, 4) is 34.8 Å². The van der Waals surface area contributed by atoms with Crippen LogP contribution in [0.5, 0.6) is 0 Å². The predicted octanol–water partition coefficient (Wildman–Crippen LogP) is 4.34. The molecule has 0 aliphatic carbocycles. The fourth-order valence-corrected chi connectivity index (χ4v) is 1.94. The Morgan fingerprint density at radius 3 is 1.60 bits per heavy atom. The molecule has 0 aromatic heterocycles. The summed E-state index contributed by atoms with van der Waals surface area (Å²) in [5.74, 6) is 12.4. The second-order valence-electron chi connectivity index (χ2n) is 4.32. The molecule has 0 aliphatic rings. The Morgan fingerprint density at radius 2 is 1.20 bits per heavy atom. The van der Waals surface area contributed by atoms with Gasteiger partial charge in [-0.15, -0.1) is 9.24 Å². The lowest BCUT2D eigenvalue weighted by Gasteiger charge is -2.02. The van der Waals surface area contributed by atoms with Gasteiger partial charge in [-0.2, -0.15) is 0 Å². The van der Waals surface area contributed by atoms with Crippen molar-refractivity contribution in [3.05, 3.63) is 59.7 Å². The maximum atomic E-state index is 3.14. The lowest BCUT2D eigenvalue weighted by Crippen LogP contribution is -1.81. The average Bonchev–Trinajstić information content (AvgIpc) is 2.52. The highest BCUT2D eigenvalue weighted by Gasteiger charge is 1.97. The molecule has 0 radical (unpaired) electrons. The summed E-state index contributed by atoms with van der Waals surface area (Å²) < 4.78 is 0. The molecule has 0 spiro atoms. The van der Waals surface area contributed by atoms with Crippen LogP contribution in [-0.4, -0.2) is 6.16 Å². The fourth-order valence-electron chi connectivity index (χ4n) is 1.84. The molecular formula is C19H17P. The maximum absolute atomic E-state index is 3.14. The lowest BCUT2D eigenvalue weighted by atomic mass is 10.0. The van der Waals surface area contributed by atoms with Gasteiger partial charge in [-0.05, 0) is 35.4 Å². The van der Waals surface area contributed by atoms with E-state index in [1.807, 2.05) is 0 Å². The van der Waals surface area contributed by atoms with Crippen molar-refractivity contribution in [2.45, 2.75) is 13.3 Å². The van der Waals surface area contributed by atoms with Crippen LogP contribution in [0.4, 0.5) is 0 Å².